The Morgan fingerprint density at radius 3 is 2.33 bits per heavy atom. The van der Waals surface area contributed by atoms with Crippen LogP contribution in [0.25, 0.3) is 0 Å². The van der Waals surface area contributed by atoms with Crippen LogP contribution in [-0.4, -0.2) is 24.8 Å². The van der Waals surface area contributed by atoms with Crippen LogP contribution in [-0.2, 0) is 4.79 Å². The minimum absolute atomic E-state index is 0.0136. The fraction of sp³-hybridized carbons (Fsp3) is 0.429. The molecular weight excluding hydrogens is 230 g/mol. The summed E-state index contributed by atoms with van der Waals surface area (Å²) in [6.07, 6.45) is 0.801. The summed E-state index contributed by atoms with van der Waals surface area (Å²) in [7, 11) is 0. The molecular formula is C14H19NO3. The van der Waals surface area contributed by atoms with Gasteiger partial charge in [-0.05, 0) is 51.0 Å². The van der Waals surface area contributed by atoms with Gasteiger partial charge >= 0.3 is 0 Å². The van der Waals surface area contributed by atoms with Crippen molar-refractivity contribution >= 4 is 12.2 Å². The van der Waals surface area contributed by atoms with Crippen LogP contribution in [0.5, 0.6) is 5.75 Å². The Labute approximate surface area is 107 Å². The summed E-state index contributed by atoms with van der Waals surface area (Å²) in [4.78, 5) is 22.2. The van der Waals surface area contributed by atoms with E-state index in [1.807, 2.05) is 27.7 Å². The highest BCUT2D eigenvalue weighted by molar-refractivity contribution is 5.78. The second-order valence-electron chi connectivity index (χ2n) is 4.61. The van der Waals surface area contributed by atoms with Crippen molar-refractivity contribution in [1.82, 2.24) is 5.32 Å². The first kappa shape index (κ1) is 14.2. The summed E-state index contributed by atoms with van der Waals surface area (Å²) in [6.45, 7) is 7.49. The number of carbonyl (C=O) groups excluding carboxylic acids is 2. The number of nitrogens with one attached hydrogen (secondary N) is 1. The number of aryl methyl sites for hydroxylation is 2. The maximum Gasteiger partial charge on any atom is 0.258 e. The first-order valence-electron chi connectivity index (χ1n) is 5.92. The van der Waals surface area contributed by atoms with E-state index < -0.39 is 0 Å². The Morgan fingerprint density at radius 1 is 1.33 bits per heavy atom. The lowest BCUT2D eigenvalue weighted by Crippen LogP contribution is -2.34. The highest BCUT2D eigenvalue weighted by Gasteiger charge is 2.09. The van der Waals surface area contributed by atoms with Gasteiger partial charge in [0.25, 0.3) is 5.91 Å². The van der Waals surface area contributed by atoms with Gasteiger partial charge in [-0.1, -0.05) is 0 Å². The first-order valence-corrected chi connectivity index (χ1v) is 5.92. The summed E-state index contributed by atoms with van der Waals surface area (Å²) >= 11 is 0. The zero-order valence-corrected chi connectivity index (χ0v) is 11.2. The molecule has 0 bridgehead atoms. The highest BCUT2D eigenvalue weighted by Crippen LogP contribution is 2.24. The van der Waals surface area contributed by atoms with Gasteiger partial charge in [-0.15, -0.1) is 0 Å². The second-order valence-corrected chi connectivity index (χ2v) is 4.61. The number of carbonyl (C=O) groups is 2. The van der Waals surface area contributed by atoms with E-state index in [9.17, 15) is 9.59 Å². The number of ether oxygens (including phenoxy) is 1. The molecule has 18 heavy (non-hydrogen) atoms. The zero-order valence-electron chi connectivity index (χ0n) is 11.2. The SMILES string of the molecule is Cc1cc(C=O)cc(C)c1OCC(=O)NC(C)C. The summed E-state index contributed by atoms with van der Waals surface area (Å²) < 4.78 is 5.50. The normalized spacial score (nSPS) is 10.3. The molecule has 0 saturated carbocycles. The van der Waals surface area contributed by atoms with Crippen LogP contribution < -0.4 is 10.1 Å². The van der Waals surface area contributed by atoms with E-state index in [0.717, 1.165) is 17.4 Å². The third-order valence-electron chi connectivity index (χ3n) is 2.42. The summed E-state index contributed by atoms with van der Waals surface area (Å²) in [5, 5.41) is 2.75. The van der Waals surface area contributed by atoms with Gasteiger partial charge in [0, 0.05) is 11.6 Å². The lowest BCUT2D eigenvalue weighted by atomic mass is 10.1. The molecule has 4 heteroatoms. The molecule has 0 aliphatic rings. The number of benzene rings is 1. The van der Waals surface area contributed by atoms with Crippen LogP contribution in [0.3, 0.4) is 0 Å². The smallest absolute Gasteiger partial charge is 0.258 e. The van der Waals surface area contributed by atoms with Crippen molar-refractivity contribution in [2.45, 2.75) is 33.7 Å². The molecule has 98 valence electrons. The van der Waals surface area contributed by atoms with E-state index in [4.69, 9.17) is 4.74 Å². The molecule has 0 saturated heterocycles. The van der Waals surface area contributed by atoms with Crippen molar-refractivity contribution < 1.29 is 14.3 Å². The molecule has 4 nitrogen and oxygen atoms in total. The molecule has 0 aliphatic carbocycles. The molecule has 1 amide bonds. The average molecular weight is 249 g/mol. The van der Waals surface area contributed by atoms with Gasteiger partial charge < -0.3 is 10.1 Å². The van der Waals surface area contributed by atoms with Gasteiger partial charge in [0.15, 0.2) is 6.61 Å². The molecule has 0 aliphatic heterocycles. The van der Waals surface area contributed by atoms with Gasteiger partial charge in [-0.3, -0.25) is 9.59 Å². The molecule has 0 unspecified atom stereocenters. The molecule has 1 rings (SSSR count). The third-order valence-corrected chi connectivity index (χ3v) is 2.42. The van der Waals surface area contributed by atoms with Crippen LogP contribution in [0.4, 0.5) is 0 Å². The van der Waals surface area contributed by atoms with Crippen LogP contribution >= 0.6 is 0 Å². The minimum atomic E-state index is -0.150. The van der Waals surface area contributed by atoms with Crippen molar-refractivity contribution in [1.29, 1.82) is 0 Å². The van der Waals surface area contributed by atoms with Crippen LogP contribution in [0.2, 0.25) is 0 Å². The minimum Gasteiger partial charge on any atom is -0.483 e. The largest absolute Gasteiger partial charge is 0.483 e. The van der Waals surface area contributed by atoms with Gasteiger partial charge in [0.1, 0.15) is 12.0 Å². The standard InChI is InChI=1S/C14H19NO3/c1-9(2)15-13(17)8-18-14-10(3)5-12(7-16)6-11(14)4/h5-7,9H,8H2,1-4H3,(H,15,17). The Hall–Kier alpha value is -1.84. The average Bonchev–Trinajstić information content (AvgIpc) is 2.26. The summed E-state index contributed by atoms with van der Waals surface area (Å²) in [6, 6.07) is 3.59. The predicted octanol–water partition coefficient (Wildman–Crippen LogP) is 2.02. The van der Waals surface area contributed by atoms with E-state index in [1.54, 1.807) is 12.1 Å². The Balaban J connectivity index is 2.73. The number of amides is 1. The third kappa shape index (κ3) is 3.87. The van der Waals surface area contributed by atoms with Crippen molar-refractivity contribution in [3.05, 3.63) is 28.8 Å². The fourth-order valence-corrected chi connectivity index (χ4v) is 1.78. The molecule has 0 fully saturated rings. The monoisotopic (exact) mass is 249 g/mol. The summed E-state index contributed by atoms with van der Waals surface area (Å²) in [5.41, 5.74) is 2.33. The van der Waals surface area contributed by atoms with Gasteiger partial charge in [-0.2, -0.15) is 0 Å². The Kier molecular flexibility index (Phi) is 4.89. The quantitative estimate of drug-likeness (QED) is 0.812. The predicted molar refractivity (Wildman–Crippen MR) is 70.1 cm³/mol. The van der Waals surface area contributed by atoms with E-state index in [2.05, 4.69) is 5.32 Å². The number of hydrogen-bond acceptors (Lipinski definition) is 3. The zero-order chi connectivity index (χ0) is 13.7. The molecule has 0 atom stereocenters. The van der Waals surface area contributed by atoms with E-state index >= 15 is 0 Å². The van der Waals surface area contributed by atoms with Crippen LogP contribution in [0, 0.1) is 13.8 Å². The first-order chi connectivity index (χ1) is 8.43. The highest BCUT2D eigenvalue weighted by atomic mass is 16.5. The second kappa shape index (κ2) is 6.19. The molecule has 0 radical (unpaired) electrons. The molecule has 1 aromatic carbocycles. The van der Waals surface area contributed by atoms with Crippen LogP contribution in [0.1, 0.15) is 35.3 Å². The van der Waals surface area contributed by atoms with Crippen molar-refractivity contribution in [2.24, 2.45) is 0 Å². The Morgan fingerprint density at radius 2 is 1.89 bits per heavy atom. The van der Waals surface area contributed by atoms with Crippen LogP contribution in [0.15, 0.2) is 12.1 Å². The number of aldehydes is 1. The molecule has 0 spiro atoms. The van der Waals surface area contributed by atoms with Gasteiger partial charge in [0.2, 0.25) is 0 Å². The van der Waals surface area contributed by atoms with Crippen molar-refractivity contribution in [3.63, 3.8) is 0 Å². The van der Waals surface area contributed by atoms with E-state index in [1.165, 1.54) is 0 Å². The van der Waals surface area contributed by atoms with Gasteiger partial charge in [-0.25, -0.2) is 0 Å². The lowest BCUT2D eigenvalue weighted by molar-refractivity contribution is -0.123. The molecule has 1 aromatic rings. The molecule has 0 heterocycles. The Bertz CT molecular complexity index is 429. The molecule has 0 aromatic heterocycles. The summed E-state index contributed by atoms with van der Waals surface area (Å²) in [5.74, 6) is 0.516. The number of rotatable bonds is 5. The molecule has 1 N–H and O–H groups in total. The number of hydrogen-bond donors (Lipinski definition) is 1. The lowest BCUT2D eigenvalue weighted by Gasteiger charge is -2.13. The van der Waals surface area contributed by atoms with Crippen molar-refractivity contribution in [3.8, 4) is 5.75 Å². The van der Waals surface area contributed by atoms with E-state index in [0.29, 0.717) is 11.3 Å². The topological polar surface area (TPSA) is 55.4 Å². The van der Waals surface area contributed by atoms with Gasteiger partial charge in [0.05, 0.1) is 0 Å². The van der Waals surface area contributed by atoms with Crippen molar-refractivity contribution in [2.75, 3.05) is 6.61 Å². The van der Waals surface area contributed by atoms with E-state index in [-0.39, 0.29) is 18.6 Å². The maximum atomic E-state index is 11.5. The maximum absolute atomic E-state index is 11.5. The fourth-order valence-electron chi connectivity index (χ4n) is 1.78.